The topological polar surface area (TPSA) is 71.6 Å². The summed E-state index contributed by atoms with van der Waals surface area (Å²) in [5, 5.41) is 0.580. The van der Waals surface area contributed by atoms with Crippen LogP contribution < -0.4 is 10.2 Å². The number of fused-ring (bicyclic) bond motifs is 1. The Labute approximate surface area is 162 Å². The molecule has 1 amide bonds. The predicted octanol–water partition coefficient (Wildman–Crippen LogP) is 2.62. The van der Waals surface area contributed by atoms with Crippen LogP contribution in [0.5, 0.6) is 5.75 Å². The van der Waals surface area contributed by atoms with Gasteiger partial charge in [0.1, 0.15) is 11.4 Å². The van der Waals surface area contributed by atoms with Crippen LogP contribution in [0, 0.1) is 0 Å². The number of para-hydroxylation sites is 1. The third-order valence-electron chi connectivity index (χ3n) is 4.99. The van der Waals surface area contributed by atoms with Crippen molar-refractivity contribution in [2.75, 3.05) is 26.8 Å². The number of pyridine rings is 1. The molecule has 6 nitrogen and oxygen atoms in total. The molecule has 2 aromatic carbocycles. The largest absolute Gasteiger partial charge is 0.497 e. The Morgan fingerprint density at radius 1 is 1.21 bits per heavy atom. The van der Waals surface area contributed by atoms with E-state index in [-0.39, 0.29) is 17.4 Å². The molecule has 0 aliphatic carbocycles. The van der Waals surface area contributed by atoms with Gasteiger partial charge < -0.3 is 19.4 Å². The minimum Gasteiger partial charge on any atom is -0.497 e. The Bertz CT molecular complexity index is 1060. The molecule has 1 N–H and O–H groups in total. The lowest BCUT2D eigenvalue weighted by molar-refractivity contribution is -0.0210. The molecule has 4 rings (SSSR count). The van der Waals surface area contributed by atoms with Gasteiger partial charge in [-0.2, -0.15) is 0 Å². The molecule has 1 fully saturated rings. The van der Waals surface area contributed by atoms with Crippen molar-refractivity contribution in [3.8, 4) is 5.75 Å². The van der Waals surface area contributed by atoms with Crippen LogP contribution >= 0.6 is 0 Å². The minimum absolute atomic E-state index is 0.100. The second kappa shape index (κ2) is 7.86. The maximum Gasteiger partial charge on any atom is 0.270 e. The van der Waals surface area contributed by atoms with Crippen molar-refractivity contribution in [3.05, 3.63) is 76.1 Å². The first kappa shape index (κ1) is 18.3. The third kappa shape index (κ3) is 3.77. The number of benzene rings is 2. The van der Waals surface area contributed by atoms with Crippen molar-refractivity contribution in [2.45, 2.75) is 12.5 Å². The Morgan fingerprint density at radius 3 is 2.93 bits per heavy atom. The average Bonchev–Trinajstić information content (AvgIpc) is 2.73. The number of methoxy groups -OCH3 is 1. The molecule has 1 aliphatic rings. The second-order valence-corrected chi connectivity index (χ2v) is 6.89. The summed E-state index contributed by atoms with van der Waals surface area (Å²) < 4.78 is 11.1. The highest BCUT2D eigenvalue weighted by Crippen LogP contribution is 2.18. The standard InChI is InChI=1S/C22H22N2O4/c1-27-16-6-4-5-15(11-16)12-17-14-24(9-10-28-17)22(26)20-13-21(25)18-7-2-3-8-19(18)23-20/h2-8,11,13,17H,9-10,12,14H2,1H3,(H,23,25)/t17-/m1/s1. The van der Waals surface area contributed by atoms with Gasteiger partial charge in [-0.05, 0) is 29.8 Å². The van der Waals surface area contributed by atoms with Gasteiger partial charge in [-0.1, -0.05) is 24.3 Å². The smallest absolute Gasteiger partial charge is 0.270 e. The quantitative estimate of drug-likeness (QED) is 0.758. The molecular weight excluding hydrogens is 356 g/mol. The van der Waals surface area contributed by atoms with Crippen LogP contribution in [0.3, 0.4) is 0 Å². The van der Waals surface area contributed by atoms with Crippen molar-refractivity contribution >= 4 is 16.8 Å². The molecule has 0 unspecified atom stereocenters. The number of hydrogen-bond acceptors (Lipinski definition) is 4. The predicted molar refractivity (Wildman–Crippen MR) is 107 cm³/mol. The molecule has 1 saturated heterocycles. The van der Waals surface area contributed by atoms with Gasteiger partial charge in [-0.15, -0.1) is 0 Å². The first-order valence-corrected chi connectivity index (χ1v) is 9.30. The van der Waals surface area contributed by atoms with Crippen LogP contribution in [-0.4, -0.2) is 48.7 Å². The number of morpholine rings is 1. The summed E-state index contributed by atoms with van der Waals surface area (Å²) in [5.41, 5.74) is 1.92. The lowest BCUT2D eigenvalue weighted by Crippen LogP contribution is -2.46. The fourth-order valence-corrected chi connectivity index (χ4v) is 3.57. The highest BCUT2D eigenvalue weighted by atomic mass is 16.5. The highest BCUT2D eigenvalue weighted by Gasteiger charge is 2.26. The first-order valence-electron chi connectivity index (χ1n) is 9.30. The zero-order valence-corrected chi connectivity index (χ0v) is 15.7. The van der Waals surface area contributed by atoms with Crippen LogP contribution in [0.2, 0.25) is 0 Å². The van der Waals surface area contributed by atoms with E-state index < -0.39 is 0 Å². The average molecular weight is 378 g/mol. The van der Waals surface area contributed by atoms with E-state index in [1.807, 2.05) is 36.4 Å². The molecular formula is C22H22N2O4. The van der Waals surface area contributed by atoms with Gasteiger partial charge >= 0.3 is 0 Å². The number of carbonyl (C=O) groups excluding carboxylic acids is 1. The van der Waals surface area contributed by atoms with E-state index >= 15 is 0 Å². The zero-order chi connectivity index (χ0) is 19.5. The van der Waals surface area contributed by atoms with Gasteiger partial charge in [0.25, 0.3) is 5.91 Å². The summed E-state index contributed by atoms with van der Waals surface area (Å²) in [6, 6.07) is 16.4. The van der Waals surface area contributed by atoms with E-state index in [0.717, 1.165) is 11.3 Å². The maximum atomic E-state index is 13.0. The van der Waals surface area contributed by atoms with E-state index in [2.05, 4.69) is 4.98 Å². The van der Waals surface area contributed by atoms with Gasteiger partial charge in [0.15, 0.2) is 5.43 Å². The van der Waals surface area contributed by atoms with Gasteiger partial charge in [0, 0.05) is 36.5 Å². The van der Waals surface area contributed by atoms with Gasteiger partial charge in [-0.3, -0.25) is 9.59 Å². The Morgan fingerprint density at radius 2 is 2.07 bits per heavy atom. The van der Waals surface area contributed by atoms with E-state index in [1.165, 1.54) is 6.07 Å². The van der Waals surface area contributed by atoms with Crippen molar-refractivity contribution in [2.24, 2.45) is 0 Å². The van der Waals surface area contributed by atoms with Crippen LogP contribution in [0.15, 0.2) is 59.4 Å². The summed E-state index contributed by atoms with van der Waals surface area (Å²) >= 11 is 0. The Kier molecular flexibility index (Phi) is 5.12. The van der Waals surface area contributed by atoms with Crippen LogP contribution in [-0.2, 0) is 11.2 Å². The third-order valence-corrected chi connectivity index (χ3v) is 4.99. The molecule has 3 aromatic rings. The molecule has 28 heavy (non-hydrogen) atoms. The molecule has 0 bridgehead atoms. The summed E-state index contributed by atoms with van der Waals surface area (Å²) in [6.07, 6.45) is 0.590. The van der Waals surface area contributed by atoms with E-state index in [1.54, 1.807) is 24.1 Å². The molecule has 1 aliphatic heterocycles. The molecule has 1 atom stereocenters. The monoisotopic (exact) mass is 378 g/mol. The molecule has 6 heteroatoms. The molecule has 0 saturated carbocycles. The number of H-pyrrole nitrogens is 1. The van der Waals surface area contributed by atoms with Gasteiger partial charge in [-0.25, -0.2) is 0 Å². The SMILES string of the molecule is COc1cccc(C[C@@H]2CN(C(=O)c3cc(=O)c4ccccc4[nH]3)CCO2)c1. The summed E-state index contributed by atoms with van der Waals surface area (Å²) in [4.78, 5) is 30.1. The molecule has 0 radical (unpaired) electrons. The molecule has 1 aromatic heterocycles. The lowest BCUT2D eigenvalue weighted by atomic mass is 10.1. The van der Waals surface area contributed by atoms with Gasteiger partial charge in [0.2, 0.25) is 0 Å². The van der Waals surface area contributed by atoms with Crippen molar-refractivity contribution in [1.29, 1.82) is 0 Å². The Balaban J connectivity index is 1.51. The first-order chi connectivity index (χ1) is 13.6. The molecule has 144 valence electrons. The lowest BCUT2D eigenvalue weighted by Gasteiger charge is -2.33. The van der Waals surface area contributed by atoms with E-state index in [9.17, 15) is 9.59 Å². The summed E-state index contributed by atoms with van der Waals surface area (Å²) in [5.74, 6) is 0.622. The number of rotatable bonds is 4. The van der Waals surface area contributed by atoms with Crippen molar-refractivity contribution in [1.82, 2.24) is 9.88 Å². The fraction of sp³-hybridized carbons (Fsp3) is 0.273. The zero-order valence-electron chi connectivity index (χ0n) is 15.7. The number of ether oxygens (including phenoxy) is 2. The van der Waals surface area contributed by atoms with Gasteiger partial charge in [0.05, 0.1) is 19.8 Å². The van der Waals surface area contributed by atoms with Crippen LogP contribution in [0.25, 0.3) is 10.9 Å². The summed E-state index contributed by atoms with van der Waals surface area (Å²) in [7, 11) is 1.64. The number of nitrogens with zero attached hydrogens (tertiary/aromatic N) is 1. The number of hydrogen-bond donors (Lipinski definition) is 1. The number of carbonyl (C=O) groups is 1. The van der Waals surface area contributed by atoms with Crippen LogP contribution in [0.4, 0.5) is 0 Å². The number of amides is 1. The molecule has 0 spiro atoms. The maximum absolute atomic E-state index is 13.0. The fourth-order valence-electron chi connectivity index (χ4n) is 3.57. The van der Waals surface area contributed by atoms with Crippen molar-refractivity contribution in [3.63, 3.8) is 0 Å². The number of nitrogens with one attached hydrogen (secondary N) is 1. The highest BCUT2D eigenvalue weighted by molar-refractivity contribution is 5.94. The van der Waals surface area contributed by atoms with E-state index in [0.29, 0.717) is 42.7 Å². The normalized spacial score (nSPS) is 16.9. The minimum atomic E-state index is -0.179. The molecule has 2 heterocycles. The van der Waals surface area contributed by atoms with Crippen molar-refractivity contribution < 1.29 is 14.3 Å². The second-order valence-electron chi connectivity index (χ2n) is 6.89. The number of aromatic nitrogens is 1. The van der Waals surface area contributed by atoms with Crippen LogP contribution in [0.1, 0.15) is 16.1 Å². The Hall–Kier alpha value is -3.12. The van der Waals surface area contributed by atoms with E-state index in [4.69, 9.17) is 9.47 Å². The number of aromatic amines is 1. The summed E-state index contributed by atoms with van der Waals surface area (Å²) in [6.45, 7) is 1.45.